The van der Waals surface area contributed by atoms with Crippen LogP contribution in [0.2, 0.25) is 0 Å². The smallest absolute Gasteiger partial charge is 0.253 e. The first-order valence-corrected chi connectivity index (χ1v) is 8.25. The second-order valence-corrected chi connectivity index (χ2v) is 6.01. The van der Waals surface area contributed by atoms with Crippen LogP contribution in [0.4, 0.5) is 0 Å². The van der Waals surface area contributed by atoms with Crippen LogP contribution in [0, 0.1) is 5.92 Å². The lowest BCUT2D eigenvalue weighted by molar-refractivity contribution is -0.126. The summed E-state index contributed by atoms with van der Waals surface area (Å²) in [6.07, 6.45) is 4.88. The van der Waals surface area contributed by atoms with E-state index < -0.39 is 0 Å². The highest BCUT2D eigenvalue weighted by Gasteiger charge is 2.27. The van der Waals surface area contributed by atoms with Crippen LogP contribution in [0.15, 0.2) is 54.9 Å². The van der Waals surface area contributed by atoms with Gasteiger partial charge in [0.05, 0.1) is 0 Å². The molecule has 0 bridgehead atoms. The lowest BCUT2D eigenvalue weighted by atomic mass is 9.95. The number of piperidine rings is 1. The normalized spacial score (nSPS) is 15.1. The summed E-state index contributed by atoms with van der Waals surface area (Å²) < 4.78 is 0. The predicted molar refractivity (Wildman–Crippen MR) is 91.2 cm³/mol. The minimum absolute atomic E-state index is 0.0264. The van der Waals surface area contributed by atoms with E-state index >= 15 is 0 Å². The average Bonchev–Trinajstić information content (AvgIpc) is 2.67. The Kier molecular flexibility index (Phi) is 5.21. The molecule has 0 saturated carbocycles. The number of rotatable bonds is 4. The van der Waals surface area contributed by atoms with Crippen LogP contribution in [0.25, 0.3) is 0 Å². The molecule has 1 fully saturated rings. The van der Waals surface area contributed by atoms with E-state index in [0.29, 0.717) is 38.0 Å². The van der Waals surface area contributed by atoms with Gasteiger partial charge in [-0.3, -0.25) is 14.6 Å². The third kappa shape index (κ3) is 3.98. The van der Waals surface area contributed by atoms with Crippen LogP contribution in [-0.2, 0) is 11.3 Å². The molecule has 5 heteroatoms. The molecule has 1 N–H and O–H groups in total. The average molecular weight is 323 g/mol. The number of nitrogens with one attached hydrogen (secondary N) is 1. The van der Waals surface area contributed by atoms with Gasteiger partial charge in [-0.2, -0.15) is 0 Å². The Balaban J connectivity index is 1.48. The van der Waals surface area contributed by atoms with Crippen LogP contribution < -0.4 is 5.32 Å². The summed E-state index contributed by atoms with van der Waals surface area (Å²) in [5.74, 6) is 0.0805. The van der Waals surface area contributed by atoms with E-state index in [-0.39, 0.29) is 17.7 Å². The Morgan fingerprint density at radius 3 is 2.50 bits per heavy atom. The highest BCUT2D eigenvalue weighted by atomic mass is 16.2. The maximum atomic E-state index is 12.4. The summed E-state index contributed by atoms with van der Waals surface area (Å²) in [6, 6.07) is 13.1. The van der Waals surface area contributed by atoms with Gasteiger partial charge in [-0.25, -0.2) is 0 Å². The van der Waals surface area contributed by atoms with E-state index in [4.69, 9.17) is 0 Å². The number of hydrogen-bond donors (Lipinski definition) is 1. The fourth-order valence-electron chi connectivity index (χ4n) is 2.94. The Morgan fingerprint density at radius 2 is 1.83 bits per heavy atom. The van der Waals surface area contributed by atoms with Gasteiger partial charge in [0.15, 0.2) is 0 Å². The molecule has 1 aliphatic rings. The summed E-state index contributed by atoms with van der Waals surface area (Å²) in [5.41, 5.74) is 1.69. The third-order valence-electron chi connectivity index (χ3n) is 4.36. The summed E-state index contributed by atoms with van der Waals surface area (Å²) in [7, 11) is 0. The number of likely N-dealkylation sites (tertiary alicyclic amines) is 1. The van der Waals surface area contributed by atoms with E-state index in [1.807, 2.05) is 47.4 Å². The van der Waals surface area contributed by atoms with Gasteiger partial charge in [-0.05, 0) is 36.6 Å². The van der Waals surface area contributed by atoms with Gasteiger partial charge in [0.2, 0.25) is 5.91 Å². The fraction of sp³-hybridized carbons (Fsp3) is 0.316. The summed E-state index contributed by atoms with van der Waals surface area (Å²) >= 11 is 0. The molecule has 0 spiro atoms. The van der Waals surface area contributed by atoms with Gasteiger partial charge in [0.1, 0.15) is 0 Å². The number of amides is 2. The van der Waals surface area contributed by atoms with Crippen LogP contribution in [0.3, 0.4) is 0 Å². The maximum absolute atomic E-state index is 12.4. The number of aromatic nitrogens is 1. The molecule has 24 heavy (non-hydrogen) atoms. The zero-order valence-electron chi connectivity index (χ0n) is 13.5. The maximum Gasteiger partial charge on any atom is 0.253 e. The zero-order chi connectivity index (χ0) is 16.8. The first-order chi connectivity index (χ1) is 11.7. The van der Waals surface area contributed by atoms with Crippen molar-refractivity contribution < 1.29 is 9.59 Å². The van der Waals surface area contributed by atoms with Crippen molar-refractivity contribution >= 4 is 11.8 Å². The number of nitrogens with zero attached hydrogens (tertiary/aromatic N) is 2. The second kappa shape index (κ2) is 7.73. The van der Waals surface area contributed by atoms with E-state index in [1.54, 1.807) is 12.4 Å². The van der Waals surface area contributed by atoms with Crippen molar-refractivity contribution in [2.75, 3.05) is 13.1 Å². The van der Waals surface area contributed by atoms with Gasteiger partial charge in [0.25, 0.3) is 5.91 Å². The van der Waals surface area contributed by atoms with Crippen LogP contribution in [0.5, 0.6) is 0 Å². The van der Waals surface area contributed by atoms with Crippen molar-refractivity contribution in [3.63, 3.8) is 0 Å². The minimum Gasteiger partial charge on any atom is -0.352 e. The van der Waals surface area contributed by atoms with E-state index in [9.17, 15) is 9.59 Å². The Bertz CT molecular complexity index is 680. The molecule has 2 aromatic rings. The van der Waals surface area contributed by atoms with Gasteiger partial charge in [-0.1, -0.05) is 24.3 Å². The quantitative estimate of drug-likeness (QED) is 0.939. The molecule has 1 aliphatic heterocycles. The van der Waals surface area contributed by atoms with Gasteiger partial charge in [-0.15, -0.1) is 0 Å². The lowest BCUT2D eigenvalue weighted by Crippen LogP contribution is -2.42. The summed E-state index contributed by atoms with van der Waals surface area (Å²) in [5, 5.41) is 2.96. The second-order valence-electron chi connectivity index (χ2n) is 6.01. The molecule has 0 radical (unpaired) electrons. The Hall–Kier alpha value is -2.69. The third-order valence-corrected chi connectivity index (χ3v) is 4.36. The molecule has 2 amide bonds. The fourth-order valence-corrected chi connectivity index (χ4v) is 2.94. The molecule has 3 rings (SSSR count). The van der Waals surface area contributed by atoms with Gasteiger partial charge in [0, 0.05) is 43.5 Å². The van der Waals surface area contributed by atoms with Crippen molar-refractivity contribution in [2.45, 2.75) is 19.4 Å². The number of carbonyl (C=O) groups excluding carboxylic acids is 2. The first kappa shape index (κ1) is 16.2. The summed E-state index contributed by atoms with van der Waals surface area (Å²) in [4.78, 5) is 30.6. The molecule has 1 aromatic heterocycles. The van der Waals surface area contributed by atoms with Crippen LogP contribution in [-0.4, -0.2) is 34.8 Å². The van der Waals surface area contributed by atoms with Crippen molar-refractivity contribution in [3.8, 4) is 0 Å². The van der Waals surface area contributed by atoms with Crippen LogP contribution in [0.1, 0.15) is 28.8 Å². The van der Waals surface area contributed by atoms with E-state index in [2.05, 4.69) is 10.3 Å². The standard InChI is InChI=1S/C19H21N3O2/c23-18(21-14-15-5-4-10-20-13-15)16-8-11-22(12-9-16)19(24)17-6-2-1-3-7-17/h1-7,10,13,16H,8-9,11-12,14H2,(H,21,23). The van der Waals surface area contributed by atoms with E-state index in [0.717, 1.165) is 5.56 Å². The minimum atomic E-state index is -0.0264. The molecule has 5 nitrogen and oxygen atoms in total. The van der Waals surface area contributed by atoms with Crippen molar-refractivity contribution in [1.29, 1.82) is 0 Å². The predicted octanol–water partition coefficient (Wildman–Crippen LogP) is 2.25. The topological polar surface area (TPSA) is 62.3 Å². The molecule has 1 aromatic carbocycles. The highest BCUT2D eigenvalue weighted by Crippen LogP contribution is 2.19. The number of benzene rings is 1. The molecular formula is C19H21N3O2. The van der Waals surface area contributed by atoms with Gasteiger partial charge < -0.3 is 10.2 Å². The molecule has 0 aliphatic carbocycles. The Labute approximate surface area is 141 Å². The van der Waals surface area contributed by atoms with Crippen molar-refractivity contribution in [3.05, 3.63) is 66.0 Å². The zero-order valence-corrected chi connectivity index (χ0v) is 13.5. The number of pyridine rings is 1. The molecule has 2 heterocycles. The molecule has 1 saturated heterocycles. The van der Waals surface area contributed by atoms with Crippen molar-refractivity contribution in [1.82, 2.24) is 15.2 Å². The molecule has 0 atom stereocenters. The summed E-state index contributed by atoms with van der Waals surface area (Å²) in [6.45, 7) is 1.74. The molecular weight excluding hydrogens is 302 g/mol. The largest absolute Gasteiger partial charge is 0.352 e. The lowest BCUT2D eigenvalue weighted by Gasteiger charge is -2.31. The first-order valence-electron chi connectivity index (χ1n) is 8.25. The SMILES string of the molecule is O=C(NCc1cccnc1)C1CCN(C(=O)c2ccccc2)CC1. The molecule has 124 valence electrons. The van der Waals surface area contributed by atoms with Crippen molar-refractivity contribution in [2.24, 2.45) is 5.92 Å². The van der Waals surface area contributed by atoms with Gasteiger partial charge >= 0.3 is 0 Å². The number of hydrogen-bond acceptors (Lipinski definition) is 3. The highest BCUT2D eigenvalue weighted by molar-refractivity contribution is 5.94. The molecule has 0 unspecified atom stereocenters. The number of carbonyl (C=O) groups is 2. The van der Waals surface area contributed by atoms with Crippen LogP contribution >= 0.6 is 0 Å². The monoisotopic (exact) mass is 323 g/mol. The van der Waals surface area contributed by atoms with E-state index in [1.165, 1.54) is 0 Å². The Morgan fingerprint density at radius 1 is 1.08 bits per heavy atom.